The molecule has 4 nitrogen and oxygen atoms in total. The summed E-state index contributed by atoms with van der Waals surface area (Å²) >= 11 is 7.58. The quantitative estimate of drug-likeness (QED) is 0.868. The molecule has 1 aromatic carbocycles. The number of sulfonamides is 1. The minimum absolute atomic E-state index is 0.0666. The van der Waals surface area contributed by atoms with E-state index in [1.165, 1.54) is 22.5 Å². The van der Waals surface area contributed by atoms with Gasteiger partial charge in [-0.1, -0.05) is 11.6 Å². The highest BCUT2D eigenvalue weighted by molar-refractivity contribution is 7.99. The molecule has 1 unspecified atom stereocenters. The zero-order chi connectivity index (χ0) is 13.3. The normalized spacial score (nSPS) is 20.5. The van der Waals surface area contributed by atoms with Crippen LogP contribution in [0.4, 0.5) is 5.69 Å². The van der Waals surface area contributed by atoms with Crippen LogP contribution in [-0.2, 0) is 10.0 Å². The number of hydrogen-bond acceptors (Lipinski definition) is 4. The van der Waals surface area contributed by atoms with Crippen molar-refractivity contribution in [3.05, 3.63) is 23.2 Å². The highest BCUT2D eigenvalue weighted by Gasteiger charge is 2.30. The predicted molar refractivity (Wildman–Crippen MR) is 76.5 cm³/mol. The monoisotopic (exact) mass is 306 g/mol. The first-order valence-corrected chi connectivity index (χ1v) is 8.51. The molecule has 1 saturated heterocycles. The van der Waals surface area contributed by atoms with Gasteiger partial charge in [0, 0.05) is 18.8 Å². The number of hydrogen-bond donors (Lipinski definition) is 1. The summed E-state index contributed by atoms with van der Waals surface area (Å²) in [4.78, 5) is 0.198. The molecule has 18 heavy (non-hydrogen) atoms. The van der Waals surface area contributed by atoms with Crippen molar-refractivity contribution in [2.75, 3.05) is 24.3 Å². The lowest BCUT2D eigenvalue weighted by atomic mass is 10.3. The molecule has 0 radical (unpaired) electrons. The molecule has 0 aliphatic carbocycles. The first kappa shape index (κ1) is 14.0. The Morgan fingerprint density at radius 2 is 2.22 bits per heavy atom. The first-order chi connectivity index (χ1) is 8.43. The Morgan fingerprint density at radius 3 is 2.78 bits per heavy atom. The van der Waals surface area contributed by atoms with E-state index in [2.05, 4.69) is 0 Å². The van der Waals surface area contributed by atoms with Gasteiger partial charge in [0.25, 0.3) is 0 Å². The van der Waals surface area contributed by atoms with Crippen LogP contribution >= 0.6 is 23.4 Å². The topological polar surface area (TPSA) is 63.4 Å². The number of nitrogens with two attached hydrogens (primary N) is 1. The van der Waals surface area contributed by atoms with E-state index < -0.39 is 10.0 Å². The molecule has 1 aromatic rings. The van der Waals surface area contributed by atoms with E-state index in [1.54, 1.807) is 18.8 Å². The minimum Gasteiger partial charge on any atom is -0.397 e. The molecule has 1 atom stereocenters. The summed E-state index contributed by atoms with van der Waals surface area (Å²) in [5, 5.41) is 0.369. The van der Waals surface area contributed by atoms with E-state index >= 15 is 0 Å². The minimum atomic E-state index is -3.48. The number of nitrogen functional groups attached to an aromatic ring is 1. The second-order valence-corrected chi connectivity index (χ2v) is 7.78. The third kappa shape index (κ3) is 2.61. The van der Waals surface area contributed by atoms with Crippen LogP contribution in [0.25, 0.3) is 0 Å². The average molecular weight is 307 g/mol. The van der Waals surface area contributed by atoms with Crippen LogP contribution in [0, 0.1) is 0 Å². The lowest BCUT2D eigenvalue weighted by Gasteiger charge is -2.23. The number of rotatable bonds is 3. The maximum atomic E-state index is 12.4. The summed E-state index contributed by atoms with van der Waals surface area (Å²) in [5.41, 5.74) is 5.94. The van der Waals surface area contributed by atoms with Gasteiger partial charge in [-0.15, -0.1) is 0 Å². The van der Waals surface area contributed by atoms with E-state index in [0.29, 0.717) is 5.02 Å². The van der Waals surface area contributed by atoms with Crippen molar-refractivity contribution in [2.24, 2.45) is 0 Å². The van der Waals surface area contributed by atoms with Gasteiger partial charge >= 0.3 is 0 Å². The average Bonchev–Trinajstić information content (AvgIpc) is 2.85. The summed E-state index contributed by atoms with van der Waals surface area (Å²) in [6.07, 6.45) is 0.892. The van der Waals surface area contributed by atoms with Gasteiger partial charge in [-0.2, -0.15) is 16.1 Å². The molecule has 1 aliphatic rings. The van der Waals surface area contributed by atoms with Crippen molar-refractivity contribution in [3.63, 3.8) is 0 Å². The summed E-state index contributed by atoms with van der Waals surface area (Å²) in [7, 11) is -1.86. The smallest absolute Gasteiger partial charge is 0.243 e. The lowest BCUT2D eigenvalue weighted by molar-refractivity contribution is 0.394. The van der Waals surface area contributed by atoms with Crippen molar-refractivity contribution in [1.82, 2.24) is 4.31 Å². The Labute approximate surface area is 117 Å². The third-order valence-electron chi connectivity index (χ3n) is 3.06. The van der Waals surface area contributed by atoms with Gasteiger partial charge in [0.15, 0.2) is 0 Å². The lowest BCUT2D eigenvalue weighted by Crippen LogP contribution is -2.36. The van der Waals surface area contributed by atoms with Crippen LogP contribution in [0.15, 0.2) is 23.1 Å². The van der Waals surface area contributed by atoms with Crippen LogP contribution in [-0.4, -0.2) is 37.3 Å². The molecule has 1 fully saturated rings. The van der Waals surface area contributed by atoms with E-state index in [1.807, 2.05) is 0 Å². The van der Waals surface area contributed by atoms with E-state index in [0.717, 1.165) is 17.9 Å². The zero-order valence-electron chi connectivity index (χ0n) is 9.97. The molecular formula is C11H15ClN2O2S2. The molecule has 0 bridgehead atoms. The Kier molecular flexibility index (Phi) is 4.11. The van der Waals surface area contributed by atoms with Gasteiger partial charge in [0.05, 0.1) is 15.6 Å². The standard InChI is InChI=1S/C11H15ClN2O2S2/c1-14(8-4-5-17-7-8)18(15,16)9-2-3-10(12)11(13)6-9/h2-3,6,8H,4-5,7,13H2,1H3. The Morgan fingerprint density at radius 1 is 1.50 bits per heavy atom. The van der Waals surface area contributed by atoms with Crippen LogP contribution in [0.3, 0.4) is 0 Å². The second kappa shape index (κ2) is 5.28. The Balaban J connectivity index is 2.32. The molecule has 100 valence electrons. The summed E-state index contributed by atoms with van der Waals surface area (Å²) in [6, 6.07) is 4.49. The van der Waals surface area contributed by atoms with Crippen LogP contribution in [0.1, 0.15) is 6.42 Å². The van der Waals surface area contributed by atoms with Crippen molar-refractivity contribution in [3.8, 4) is 0 Å². The van der Waals surface area contributed by atoms with Gasteiger partial charge in [-0.3, -0.25) is 0 Å². The van der Waals surface area contributed by atoms with E-state index in [-0.39, 0.29) is 16.6 Å². The number of benzene rings is 1. The van der Waals surface area contributed by atoms with Crippen molar-refractivity contribution in [1.29, 1.82) is 0 Å². The van der Waals surface area contributed by atoms with Crippen molar-refractivity contribution >= 4 is 39.1 Å². The van der Waals surface area contributed by atoms with Crippen LogP contribution in [0.2, 0.25) is 5.02 Å². The Bertz CT molecular complexity index is 542. The van der Waals surface area contributed by atoms with E-state index in [4.69, 9.17) is 17.3 Å². The van der Waals surface area contributed by atoms with Gasteiger partial charge in [0.2, 0.25) is 10.0 Å². The molecule has 0 amide bonds. The van der Waals surface area contributed by atoms with Crippen molar-refractivity contribution in [2.45, 2.75) is 17.4 Å². The SMILES string of the molecule is CN(C1CCSC1)S(=O)(=O)c1ccc(Cl)c(N)c1. The van der Waals surface area contributed by atoms with Crippen LogP contribution in [0.5, 0.6) is 0 Å². The molecule has 0 saturated carbocycles. The Hall–Kier alpha value is -0.430. The number of nitrogens with zero attached hydrogens (tertiary/aromatic N) is 1. The predicted octanol–water partition coefficient (Wildman–Crippen LogP) is 2.05. The fourth-order valence-electron chi connectivity index (χ4n) is 1.85. The second-order valence-electron chi connectivity index (χ2n) is 4.22. The van der Waals surface area contributed by atoms with Gasteiger partial charge < -0.3 is 5.73 Å². The summed E-state index contributed by atoms with van der Waals surface area (Å²) in [5.74, 6) is 1.85. The summed E-state index contributed by atoms with van der Waals surface area (Å²) < 4.78 is 26.2. The van der Waals surface area contributed by atoms with Gasteiger partial charge in [0.1, 0.15) is 0 Å². The fourth-order valence-corrected chi connectivity index (χ4v) is 4.75. The number of thioether (sulfide) groups is 1. The molecule has 2 N–H and O–H groups in total. The highest BCUT2D eigenvalue weighted by Crippen LogP contribution is 2.28. The third-order valence-corrected chi connectivity index (χ3v) is 6.46. The number of anilines is 1. The van der Waals surface area contributed by atoms with Gasteiger partial charge in [-0.05, 0) is 30.4 Å². The largest absolute Gasteiger partial charge is 0.397 e. The van der Waals surface area contributed by atoms with Gasteiger partial charge in [-0.25, -0.2) is 8.42 Å². The molecule has 0 aromatic heterocycles. The molecule has 0 spiro atoms. The number of halogens is 1. The maximum absolute atomic E-state index is 12.4. The first-order valence-electron chi connectivity index (χ1n) is 5.53. The van der Waals surface area contributed by atoms with E-state index in [9.17, 15) is 8.42 Å². The summed E-state index contributed by atoms with van der Waals surface area (Å²) in [6.45, 7) is 0. The molecular weight excluding hydrogens is 292 g/mol. The molecule has 1 heterocycles. The zero-order valence-corrected chi connectivity index (χ0v) is 12.4. The van der Waals surface area contributed by atoms with Crippen LogP contribution < -0.4 is 5.73 Å². The maximum Gasteiger partial charge on any atom is 0.243 e. The molecule has 1 aliphatic heterocycles. The molecule has 7 heteroatoms. The van der Waals surface area contributed by atoms with Crippen molar-refractivity contribution < 1.29 is 8.42 Å². The molecule has 2 rings (SSSR count). The highest BCUT2D eigenvalue weighted by atomic mass is 35.5. The fraction of sp³-hybridized carbons (Fsp3) is 0.455.